The number of hydrogen-bond donors (Lipinski definition) is 1. The third-order valence-electron chi connectivity index (χ3n) is 2.53. The van der Waals surface area contributed by atoms with Crippen LogP contribution in [-0.4, -0.2) is 16.1 Å². The Morgan fingerprint density at radius 1 is 1.47 bits per heavy atom. The molecule has 1 N–H and O–H groups in total. The van der Waals surface area contributed by atoms with Gasteiger partial charge >= 0.3 is 0 Å². The molecule has 2 aromatic rings. The van der Waals surface area contributed by atoms with Gasteiger partial charge < -0.3 is 9.88 Å². The van der Waals surface area contributed by atoms with E-state index in [1.54, 1.807) is 18.3 Å². The molecule has 0 amide bonds. The zero-order chi connectivity index (χ0) is 12.3. The predicted octanol–water partition coefficient (Wildman–Crippen LogP) is 2.87. The zero-order valence-corrected chi connectivity index (χ0v) is 10.2. The molecule has 17 heavy (non-hydrogen) atoms. The Morgan fingerprint density at radius 2 is 2.29 bits per heavy atom. The van der Waals surface area contributed by atoms with Crippen molar-refractivity contribution in [3.8, 4) is 0 Å². The third kappa shape index (κ3) is 2.77. The van der Waals surface area contributed by atoms with Crippen molar-refractivity contribution in [2.45, 2.75) is 6.42 Å². The summed E-state index contributed by atoms with van der Waals surface area (Å²) < 4.78 is 15.4. The molecule has 1 heterocycles. The summed E-state index contributed by atoms with van der Waals surface area (Å²) in [5.41, 5.74) is 0.350. The number of para-hydroxylation sites is 1. The fraction of sp³-hybridized carbons (Fsp3) is 0.250. The molecule has 0 bridgehead atoms. The van der Waals surface area contributed by atoms with Crippen LogP contribution in [0.25, 0.3) is 0 Å². The molecule has 0 aliphatic carbocycles. The number of halogens is 2. The van der Waals surface area contributed by atoms with E-state index in [0.29, 0.717) is 23.7 Å². The first-order valence-corrected chi connectivity index (χ1v) is 5.70. The minimum absolute atomic E-state index is 0.336. The normalized spacial score (nSPS) is 10.5. The molecular weight excluding hydrogens is 241 g/mol. The van der Waals surface area contributed by atoms with Gasteiger partial charge in [-0.2, -0.15) is 0 Å². The molecule has 5 heteroatoms. The van der Waals surface area contributed by atoms with Gasteiger partial charge in [-0.15, -0.1) is 0 Å². The summed E-state index contributed by atoms with van der Waals surface area (Å²) in [5, 5.41) is 3.38. The van der Waals surface area contributed by atoms with E-state index in [-0.39, 0.29) is 5.82 Å². The second-order valence-electron chi connectivity index (χ2n) is 3.73. The minimum atomic E-state index is -0.336. The predicted molar refractivity (Wildman–Crippen MR) is 66.8 cm³/mol. The van der Waals surface area contributed by atoms with E-state index in [0.717, 1.165) is 5.82 Å². The molecule has 0 aliphatic heterocycles. The third-order valence-corrected chi connectivity index (χ3v) is 2.85. The van der Waals surface area contributed by atoms with Crippen molar-refractivity contribution in [1.29, 1.82) is 0 Å². The maximum absolute atomic E-state index is 13.4. The van der Waals surface area contributed by atoms with Gasteiger partial charge in [-0.25, -0.2) is 9.37 Å². The van der Waals surface area contributed by atoms with Crippen molar-refractivity contribution in [2.75, 3.05) is 11.9 Å². The highest BCUT2D eigenvalue weighted by Gasteiger charge is 2.06. The van der Waals surface area contributed by atoms with Crippen LogP contribution in [0, 0.1) is 5.82 Å². The average Bonchev–Trinajstić information content (AvgIpc) is 2.69. The van der Waals surface area contributed by atoms with E-state index in [1.165, 1.54) is 6.07 Å². The first-order valence-electron chi connectivity index (χ1n) is 5.32. The largest absolute Gasteiger partial charge is 0.381 e. The van der Waals surface area contributed by atoms with Crippen LogP contribution in [0.5, 0.6) is 0 Å². The molecule has 90 valence electrons. The summed E-state index contributed by atoms with van der Waals surface area (Å²) in [4.78, 5) is 4.19. The lowest BCUT2D eigenvalue weighted by atomic mass is 10.3. The highest BCUT2D eigenvalue weighted by molar-refractivity contribution is 6.33. The molecular formula is C12H13ClFN3. The van der Waals surface area contributed by atoms with Crippen molar-refractivity contribution in [3.63, 3.8) is 0 Å². The Morgan fingerprint density at radius 3 is 2.94 bits per heavy atom. The van der Waals surface area contributed by atoms with Crippen molar-refractivity contribution < 1.29 is 4.39 Å². The van der Waals surface area contributed by atoms with Crippen molar-refractivity contribution in [3.05, 3.63) is 47.3 Å². The van der Waals surface area contributed by atoms with E-state index in [9.17, 15) is 4.39 Å². The Kier molecular flexibility index (Phi) is 3.64. The maximum atomic E-state index is 13.4. The fourth-order valence-corrected chi connectivity index (χ4v) is 1.83. The van der Waals surface area contributed by atoms with Crippen molar-refractivity contribution in [1.82, 2.24) is 9.55 Å². The molecule has 0 aliphatic rings. The van der Waals surface area contributed by atoms with Crippen molar-refractivity contribution in [2.24, 2.45) is 7.05 Å². The van der Waals surface area contributed by atoms with Crippen LogP contribution < -0.4 is 5.32 Å². The van der Waals surface area contributed by atoms with Gasteiger partial charge in [-0.3, -0.25) is 0 Å². The first kappa shape index (κ1) is 11.9. The molecule has 0 unspecified atom stereocenters. The number of anilines is 1. The number of aromatic nitrogens is 2. The Bertz CT molecular complexity index is 490. The van der Waals surface area contributed by atoms with Crippen LogP contribution in [0.2, 0.25) is 5.02 Å². The number of aryl methyl sites for hydroxylation is 1. The molecule has 1 aromatic carbocycles. The van der Waals surface area contributed by atoms with E-state index in [4.69, 9.17) is 11.6 Å². The fourth-order valence-electron chi connectivity index (χ4n) is 1.60. The summed E-state index contributed by atoms with van der Waals surface area (Å²) in [6.07, 6.45) is 4.34. The topological polar surface area (TPSA) is 29.9 Å². The van der Waals surface area contributed by atoms with Gasteiger partial charge in [0.05, 0.1) is 10.7 Å². The molecule has 0 atom stereocenters. The van der Waals surface area contributed by atoms with Gasteiger partial charge in [0, 0.05) is 32.4 Å². The minimum Gasteiger partial charge on any atom is -0.381 e. The molecule has 0 saturated heterocycles. The smallest absolute Gasteiger partial charge is 0.147 e. The molecule has 1 aromatic heterocycles. The number of nitrogens with one attached hydrogen (secondary N) is 1. The molecule has 0 saturated carbocycles. The van der Waals surface area contributed by atoms with Gasteiger partial charge in [-0.1, -0.05) is 17.7 Å². The van der Waals surface area contributed by atoms with E-state index in [1.807, 2.05) is 17.8 Å². The molecule has 2 rings (SSSR count). The van der Waals surface area contributed by atoms with Crippen LogP contribution in [0.3, 0.4) is 0 Å². The van der Waals surface area contributed by atoms with Gasteiger partial charge in [0.1, 0.15) is 11.6 Å². The number of nitrogens with zero attached hydrogens (tertiary/aromatic N) is 2. The Labute approximate surface area is 104 Å². The Hall–Kier alpha value is -1.55. The monoisotopic (exact) mass is 253 g/mol. The van der Waals surface area contributed by atoms with E-state index >= 15 is 0 Å². The number of hydrogen-bond acceptors (Lipinski definition) is 2. The van der Waals surface area contributed by atoms with Gasteiger partial charge in [-0.05, 0) is 12.1 Å². The first-order chi connectivity index (χ1) is 8.18. The summed E-state index contributed by atoms with van der Waals surface area (Å²) in [5.74, 6) is 0.613. The quantitative estimate of drug-likeness (QED) is 0.908. The highest BCUT2D eigenvalue weighted by atomic mass is 35.5. The summed E-state index contributed by atoms with van der Waals surface area (Å²) >= 11 is 5.90. The summed E-state index contributed by atoms with van der Waals surface area (Å²) in [6.45, 7) is 0.589. The number of rotatable bonds is 4. The van der Waals surface area contributed by atoms with Crippen LogP contribution >= 0.6 is 11.6 Å². The van der Waals surface area contributed by atoms with E-state index < -0.39 is 0 Å². The summed E-state index contributed by atoms with van der Waals surface area (Å²) in [6, 6.07) is 4.63. The van der Waals surface area contributed by atoms with Gasteiger partial charge in [0.25, 0.3) is 0 Å². The van der Waals surface area contributed by atoms with Crippen LogP contribution in [0.4, 0.5) is 10.1 Å². The second-order valence-corrected chi connectivity index (χ2v) is 4.14. The zero-order valence-electron chi connectivity index (χ0n) is 9.45. The second kappa shape index (κ2) is 5.19. The van der Waals surface area contributed by atoms with Gasteiger partial charge in [0.2, 0.25) is 0 Å². The van der Waals surface area contributed by atoms with Crippen LogP contribution in [0.15, 0.2) is 30.6 Å². The standard InChI is InChI=1S/C12H13ClFN3/c1-17-8-7-15-11(17)5-6-16-12-9(13)3-2-4-10(12)14/h2-4,7-8,16H,5-6H2,1H3. The van der Waals surface area contributed by atoms with E-state index in [2.05, 4.69) is 10.3 Å². The number of benzene rings is 1. The van der Waals surface area contributed by atoms with Gasteiger partial charge in [0.15, 0.2) is 0 Å². The maximum Gasteiger partial charge on any atom is 0.147 e. The van der Waals surface area contributed by atoms with Crippen molar-refractivity contribution >= 4 is 17.3 Å². The SMILES string of the molecule is Cn1ccnc1CCNc1c(F)cccc1Cl. The lowest BCUT2D eigenvalue weighted by Crippen LogP contribution is -2.09. The number of imidazole rings is 1. The summed E-state index contributed by atoms with van der Waals surface area (Å²) in [7, 11) is 1.93. The molecule has 3 nitrogen and oxygen atoms in total. The molecule has 0 radical (unpaired) electrons. The van der Waals surface area contributed by atoms with Crippen LogP contribution in [0.1, 0.15) is 5.82 Å². The lowest BCUT2D eigenvalue weighted by Gasteiger charge is -2.09. The van der Waals surface area contributed by atoms with Crippen LogP contribution in [-0.2, 0) is 13.5 Å². The average molecular weight is 254 g/mol. The molecule has 0 spiro atoms. The molecule has 0 fully saturated rings. The highest BCUT2D eigenvalue weighted by Crippen LogP contribution is 2.24. The Balaban J connectivity index is 1.97. The lowest BCUT2D eigenvalue weighted by molar-refractivity contribution is 0.630.